The molecular weight excluding hydrogens is 188 g/mol. The summed E-state index contributed by atoms with van der Waals surface area (Å²) < 4.78 is 2.14. The lowest BCUT2D eigenvalue weighted by atomic mass is 10.1. The van der Waals surface area contributed by atoms with E-state index in [4.69, 9.17) is 0 Å². The molecule has 1 aliphatic carbocycles. The molecule has 15 heavy (non-hydrogen) atoms. The molecular formula is C12H18N2O. The molecule has 1 aliphatic rings. The quantitative estimate of drug-likeness (QED) is 0.715. The normalized spacial score (nSPS) is 15.5. The van der Waals surface area contributed by atoms with Crippen LogP contribution in [-0.4, -0.2) is 15.3 Å². The molecule has 1 heterocycles. The number of Topliss-reactive ketones (excluding diaryl/α,β-unsaturated/α-hetero) is 1. The fraction of sp³-hybridized carbons (Fsp3) is 0.667. The van der Waals surface area contributed by atoms with Gasteiger partial charge in [0.05, 0.1) is 0 Å². The molecule has 3 heteroatoms. The minimum absolute atomic E-state index is 0.413. The molecule has 0 N–H and O–H groups in total. The largest absolute Gasteiger partial charge is 0.335 e. The van der Waals surface area contributed by atoms with Gasteiger partial charge in [-0.3, -0.25) is 4.79 Å². The first-order valence-corrected chi connectivity index (χ1v) is 5.84. The Morgan fingerprint density at radius 2 is 2.40 bits per heavy atom. The van der Waals surface area contributed by atoms with Gasteiger partial charge in [-0.2, -0.15) is 0 Å². The predicted octanol–water partition coefficient (Wildman–Crippen LogP) is 2.20. The van der Waals surface area contributed by atoms with E-state index in [0.717, 1.165) is 44.5 Å². The molecule has 1 saturated carbocycles. The zero-order valence-corrected chi connectivity index (χ0v) is 9.28. The number of hydrogen-bond acceptors (Lipinski definition) is 2. The highest BCUT2D eigenvalue weighted by molar-refractivity contribution is 5.83. The standard InChI is InChI=1S/C12H18N2O/c1-2-14-9-8-13-12(14)5-3-4-11(15)10-6-7-10/h8-10H,2-7H2,1H3. The van der Waals surface area contributed by atoms with Crippen LogP contribution in [0.3, 0.4) is 0 Å². The first-order chi connectivity index (χ1) is 7.31. The highest BCUT2D eigenvalue weighted by Gasteiger charge is 2.28. The number of aryl methyl sites for hydroxylation is 2. The molecule has 2 rings (SSSR count). The predicted molar refractivity (Wildman–Crippen MR) is 58.6 cm³/mol. The topological polar surface area (TPSA) is 34.9 Å². The molecule has 1 aromatic rings. The van der Waals surface area contributed by atoms with Crippen LogP contribution in [0.2, 0.25) is 0 Å². The number of aromatic nitrogens is 2. The average molecular weight is 206 g/mol. The van der Waals surface area contributed by atoms with E-state index >= 15 is 0 Å². The number of ketones is 1. The van der Waals surface area contributed by atoms with Gasteiger partial charge in [-0.05, 0) is 26.2 Å². The maximum absolute atomic E-state index is 11.5. The molecule has 0 aliphatic heterocycles. The van der Waals surface area contributed by atoms with Gasteiger partial charge < -0.3 is 4.57 Å². The van der Waals surface area contributed by atoms with Crippen LogP contribution in [0, 0.1) is 5.92 Å². The third-order valence-corrected chi connectivity index (χ3v) is 3.00. The second-order valence-corrected chi connectivity index (χ2v) is 4.22. The Bertz CT molecular complexity index is 339. The lowest BCUT2D eigenvalue weighted by Gasteiger charge is -2.03. The van der Waals surface area contributed by atoms with Gasteiger partial charge in [-0.15, -0.1) is 0 Å². The van der Waals surface area contributed by atoms with Gasteiger partial charge in [0, 0.05) is 37.7 Å². The van der Waals surface area contributed by atoms with Gasteiger partial charge >= 0.3 is 0 Å². The molecule has 0 aromatic carbocycles. The summed E-state index contributed by atoms with van der Waals surface area (Å²) in [5.74, 6) is 1.99. The van der Waals surface area contributed by atoms with Crippen LogP contribution in [0.25, 0.3) is 0 Å². The molecule has 0 bridgehead atoms. The molecule has 0 amide bonds. The summed E-state index contributed by atoms with van der Waals surface area (Å²) in [7, 11) is 0. The summed E-state index contributed by atoms with van der Waals surface area (Å²) in [5, 5.41) is 0. The third-order valence-electron chi connectivity index (χ3n) is 3.00. The fourth-order valence-corrected chi connectivity index (χ4v) is 1.89. The summed E-state index contributed by atoms with van der Waals surface area (Å²) in [5.41, 5.74) is 0. The molecule has 3 nitrogen and oxygen atoms in total. The van der Waals surface area contributed by atoms with E-state index in [1.807, 2.05) is 12.4 Å². The monoisotopic (exact) mass is 206 g/mol. The zero-order valence-electron chi connectivity index (χ0n) is 9.28. The molecule has 0 atom stereocenters. The van der Waals surface area contributed by atoms with Crippen molar-refractivity contribution in [1.82, 2.24) is 9.55 Å². The Morgan fingerprint density at radius 3 is 3.07 bits per heavy atom. The summed E-state index contributed by atoms with van der Waals surface area (Å²) in [6.45, 7) is 3.08. The van der Waals surface area contributed by atoms with Gasteiger partial charge in [-0.25, -0.2) is 4.98 Å². The van der Waals surface area contributed by atoms with E-state index in [1.54, 1.807) is 0 Å². The summed E-state index contributed by atoms with van der Waals surface area (Å²) in [4.78, 5) is 15.8. The Labute approximate surface area is 90.5 Å². The van der Waals surface area contributed by atoms with Gasteiger partial charge in [0.15, 0.2) is 0 Å². The summed E-state index contributed by atoms with van der Waals surface area (Å²) in [6.07, 6.45) is 8.71. The van der Waals surface area contributed by atoms with E-state index in [9.17, 15) is 4.79 Å². The Hall–Kier alpha value is -1.12. The number of nitrogens with zero attached hydrogens (tertiary/aromatic N) is 2. The number of carbonyl (C=O) groups excluding carboxylic acids is 1. The zero-order chi connectivity index (χ0) is 10.7. The average Bonchev–Trinajstić information content (AvgIpc) is 2.99. The lowest BCUT2D eigenvalue weighted by molar-refractivity contribution is -0.120. The van der Waals surface area contributed by atoms with Crippen molar-refractivity contribution in [2.45, 2.75) is 45.6 Å². The molecule has 82 valence electrons. The van der Waals surface area contributed by atoms with Crippen LogP contribution in [0.5, 0.6) is 0 Å². The van der Waals surface area contributed by atoms with Crippen molar-refractivity contribution >= 4 is 5.78 Å². The van der Waals surface area contributed by atoms with Crippen molar-refractivity contribution in [3.05, 3.63) is 18.2 Å². The summed E-state index contributed by atoms with van der Waals surface area (Å²) in [6, 6.07) is 0. The number of hydrogen-bond donors (Lipinski definition) is 0. The number of rotatable bonds is 6. The van der Waals surface area contributed by atoms with Gasteiger partial charge in [0.25, 0.3) is 0 Å². The Kier molecular flexibility index (Phi) is 3.19. The van der Waals surface area contributed by atoms with Gasteiger partial charge in [0.2, 0.25) is 0 Å². The van der Waals surface area contributed by atoms with Crippen LogP contribution >= 0.6 is 0 Å². The van der Waals surface area contributed by atoms with Crippen LogP contribution in [-0.2, 0) is 17.8 Å². The lowest BCUT2D eigenvalue weighted by Crippen LogP contribution is -2.04. The van der Waals surface area contributed by atoms with Crippen LogP contribution in [0.15, 0.2) is 12.4 Å². The number of carbonyl (C=O) groups is 1. The maximum Gasteiger partial charge on any atom is 0.135 e. The Balaban J connectivity index is 1.75. The minimum Gasteiger partial charge on any atom is -0.335 e. The Morgan fingerprint density at radius 1 is 1.60 bits per heavy atom. The van der Waals surface area contributed by atoms with Gasteiger partial charge in [-0.1, -0.05) is 0 Å². The van der Waals surface area contributed by atoms with Crippen molar-refractivity contribution in [1.29, 1.82) is 0 Å². The molecule has 1 aromatic heterocycles. The SMILES string of the molecule is CCn1ccnc1CCCC(=O)C1CC1. The second-order valence-electron chi connectivity index (χ2n) is 4.22. The van der Waals surface area contributed by atoms with E-state index < -0.39 is 0 Å². The molecule has 0 unspecified atom stereocenters. The van der Waals surface area contributed by atoms with Crippen molar-refractivity contribution in [2.24, 2.45) is 5.92 Å². The minimum atomic E-state index is 0.413. The highest BCUT2D eigenvalue weighted by atomic mass is 16.1. The third kappa shape index (κ3) is 2.67. The number of imidazole rings is 1. The van der Waals surface area contributed by atoms with Crippen molar-refractivity contribution < 1.29 is 4.79 Å². The second kappa shape index (κ2) is 4.60. The molecule has 1 fully saturated rings. The van der Waals surface area contributed by atoms with E-state index in [1.165, 1.54) is 0 Å². The molecule has 0 radical (unpaired) electrons. The smallest absolute Gasteiger partial charge is 0.135 e. The van der Waals surface area contributed by atoms with Crippen LogP contribution < -0.4 is 0 Å². The molecule has 0 spiro atoms. The highest BCUT2D eigenvalue weighted by Crippen LogP contribution is 2.31. The van der Waals surface area contributed by atoms with Crippen LogP contribution in [0.1, 0.15) is 38.4 Å². The first-order valence-electron chi connectivity index (χ1n) is 5.84. The van der Waals surface area contributed by atoms with Gasteiger partial charge in [0.1, 0.15) is 11.6 Å². The van der Waals surface area contributed by atoms with Crippen molar-refractivity contribution in [3.8, 4) is 0 Å². The van der Waals surface area contributed by atoms with E-state index in [-0.39, 0.29) is 0 Å². The van der Waals surface area contributed by atoms with Crippen molar-refractivity contribution in [2.75, 3.05) is 0 Å². The van der Waals surface area contributed by atoms with Crippen molar-refractivity contribution in [3.63, 3.8) is 0 Å². The first kappa shape index (κ1) is 10.4. The summed E-state index contributed by atoms with van der Waals surface area (Å²) >= 11 is 0. The fourth-order valence-electron chi connectivity index (χ4n) is 1.89. The van der Waals surface area contributed by atoms with E-state index in [0.29, 0.717) is 11.7 Å². The van der Waals surface area contributed by atoms with Crippen LogP contribution in [0.4, 0.5) is 0 Å². The van der Waals surface area contributed by atoms with E-state index in [2.05, 4.69) is 16.5 Å². The molecule has 0 saturated heterocycles. The maximum atomic E-state index is 11.5.